The molecule has 23 heavy (non-hydrogen) atoms. The van der Waals surface area contributed by atoms with E-state index in [2.05, 4.69) is 16.0 Å². The molecule has 0 bridgehead atoms. The molecule has 0 radical (unpaired) electrons. The lowest BCUT2D eigenvalue weighted by atomic mass is 9.82. The maximum absolute atomic E-state index is 12.4. The van der Waals surface area contributed by atoms with Crippen molar-refractivity contribution in [2.24, 2.45) is 5.73 Å². The monoisotopic (exact) mass is 318 g/mol. The molecule has 1 aromatic rings. The number of nitrogens with two attached hydrogens (primary N) is 1. The van der Waals surface area contributed by atoms with Gasteiger partial charge in [-0.05, 0) is 51.0 Å². The number of nitrogens with one attached hydrogen (secondary N) is 3. The molecule has 0 spiro atoms. The maximum Gasteiger partial charge on any atom is 0.319 e. The third kappa shape index (κ3) is 4.96. The number of urea groups is 1. The summed E-state index contributed by atoms with van der Waals surface area (Å²) < 4.78 is 0. The SMILES string of the molecule is CC(C)NC(=O)Nc1ccc(NC(=O)C2(N)CCCCC2)cc1. The fourth-order valence-corrected chi connectivity index (χ4v) is 2.73. The Morgan fingerprint density at radius 3 is 2.04 bits per heavy atom. The highest BCUT2D eigenvalue weighted by atomic mass is 16.2. The van der Waals surface area contributed by atoms with Crippen LogP contribution in [-0.4, -0.2) is 23.5 Å². The van der Waals surface area contributed by atoms with Gasteiger partial charge in [-0.25, -0.2) is 4.79 Å². The van der Waals surface area contributed by atoms with E-state index in [0.29, 0.717) is 11.4 Å². The molecule has 6 nitrogen and oxygen atoms in total. The molecule has 5 N–H and O–H groups in total. The van der Waals surface area contributed by atoms with Crippen LogP contribution in [0.2, 0.25) is 0 Å². The van der Waals surface area contributed by atoms with Gasteiger partial charge in [0.15, 0.2) is 0 Å². The smallest absolute Gasteiger partial charge is 0.319 e. The Morgan fingerprint density at radius 1 is 1.00 bits per heavy atom. The van der Waals surface area contributed by atoms with E-state index in [9.17, 15) is 9.59 Å². The first-order chi connectivity index (χ1) is 10.9. The van der Waals surface area contributed by atoms with Crippen LogP contribution >= 0.6 is 0 Å². The van der Waals surface area contributed by atoms with Gasteiger partial charge in [-0.3, -0.25) is 4.79 Å². The predicted molar refractivity (Wildman–Crippen MR) is 92.4 cm³/mol. The Balaban J connectivity index is 1.92. The van der Waals surface area contributed by atoms with Crippen molar-refractivity contribution < 1.29 is 9.59 Å². The first-order valence-electron chi connectivity index (χ1n) is 8.17. The number of rotatable bonds is 4. The van der Waals surface area contributed by atoms with Crippen molar-refractivity contribution in [3.63, 3.8) is 0 Å². The zero-order chi connectivity index (χ0) is 16.9. The van der Waals surface area contributed by atoms with Crippen molar-refractivity contribution in [1.82, 2.24) is 5.32 Å². The van der Waals surface area contributed by atoms with Crippen LogP contribution < -0.4 is 21.7 Å². The van der Waals surface area contributed by atoms with Crippen molar-refractivity contribution in [2.45, 2.75) is 57.5 Å². The minimum atomic E-state index is -0.758. The predicted octanol–water partition coefficient (Wildman–Crippen LogP) is 2.82. The van der Waals surface area contributed by atoms with E-state index >= 15 is 0 Å². The van der Waals surface area contributed by atoms with Gasteiger partial charge in [-0.15, -0.1) is 0 Å². The second-order valence-electron chi connectivity index (χ2n) is 6.50. The van der Waals surface area contributed by atoms with Gasteiger partial charge in [0.1, 0.15) is 0 Å². The fraction of sp³-hybridized carbons (Fsp3) is 0.529. The summed E-state index contributed by atoms with van der Waals surface area (Å²) in [5.74, 6) is -0.129. The molecule has 3 amide bonds. The topological polar surface area (TPSA) is 96.2 Å². The van der Waals surface area contributed by atoms with Crippen LogP contribution in [0.5, 0.6) is 0 Å². The van der Waals surface area contributed by atoms with Crippen molar-refractivity contribution in [2.75, 3.05) is 10.6 Å². The second-order valence-corrected chi connectivity index (χ2v) is 6.50. The summed E-state index contributed by atoms with van der Waals surface area (Å²) >= 11 is 0. The van der Waals surface area contributed by atoms with Crippen LogP contribution in [0.15, 0.2) is 24.3 Å². The molecule has 0 aliphatic heterocycles. The standard InChI is InChI=1S/C17H26N4O2/c1-12(2)19-16(23)21-14-8-6-13(7-9-14)20-15(22)17(18)10-4-3-5-11-17/h6-9,12H,3-5,10-11,18H2,1-2H3,(H,20,22)(H2,19,21,23). The zero-order valence-electron chi connectivity index (χ0n) is 13.8. The summed E-state index contributed by atoms with van der Waals surface area (Å²) in [6.45, 7) is 3.79. The van der Waals surface area contributed by atoms with Gasteiger partial charge in [0.25, 0.3) is 0 Å². The molecule has 2 rings (SSSR count). The summed E-state index contributed by atoms with van der Waals surface area (Å²) in [6.07, 6.45) is 4.60. The van der Waals surface area contributed by atoms with Crippen molar-refractivity contribution >= 4 is 23.3 Å². The van der Waals surface area contributed by atoms with E-state index in [4.69, 9.17) is 5.73 Å². The highest BCUT2D eigenvalue weighted by Crippen LogP contribution is 2.27. The highest BCUT2D eigenvalue weighted by molar-refractivity contribution is 5.98. The maximum atomic E-state index is 12.4. The molecule has 6 heteroatoms. The highest BCUT2D eigenvalue weighted by Gasteiger charge is 2.35. The molecule has 0 saturated heterocycles. The number of hydrogen-bond acceptors (Lipinski definition) is 3. The average molecular weight is 318 g/mol. The Morgan fingerprint density at radius 2 is 1.52 bits per heavy atom. The number of carbonyl (C=O) groups excluding carboxylic acids is 2. The van der Waals surface area contributed by atoms with Crippen molar-refractivity contribution in [1.29, 1.82) is 0 Å². The first kappa shape index (κ1) is 17.3. The van der Waals surface area contributed by atoms with E-state index in [-0.39, 0.29) is 18.0 Å². The normalized spacial score (nSPS) is 16.7. The molecule has 0 unspecified atom stereocenters. The van der Waals surface area contributed by atoms with Gasteiger partial charge >= 0.3 is 6.03 Å². The number of anilines is 2. The number of hydrogen-bond donors (Lipinski definition) is 4. The number of amides is 3. The minimum Gasteiger partial charge on any atom is -0.336 e. The Kier molecular flexibility index (Phi) is 5.60. The van der Waals surface area contributed by atoms with Crippen LogP contribution in [0, 0.1) is 0 Å². The van der Waals surface area contributed by atoms with Gasteiger partial charge in [-0.2, -0.15) is 0 Å². The van der Waals surface area contributed by atoms with E-state index in [0.717, 1.165) is 32.1 Å². The summed E-state index contributed by atoms with van der Waals surface area (Å²) in [5.41, 5.74) is 6.81. The van der Waals surface area contributed by atoms with Gasteiger partial charge in [0.05, 0.1) is 5.54 Å². The van der Waals surface area contributed by atoms with Crippen LogP contribution in [0.1, 0.15) is 46.0 Å². The largest absolute Gasteiger partial charge is 0.336 e. The Hall–Kier alpha value is -2.08. The molecule has 1 aromatic carbocycles. The first-order valence-corrected chi connectivity index (χ1v) is 8.17. The summed E-state index contributed by atoms with van der Waals surface area (Å²) in [7, 11) is 0. The molecule has 0 heterocycles. The third-order valence-electron chi connectivity index (χ3n) is 4.02. The van der Waals surface area contributed by atoms with E-state index < -0.39 is 5.54 Å². The molecule has 1 aliphatic carbocycles. The van der Waals surface area contributed by atoms with Gasteiger partial charge in [0, 0.05) is 17.4 Å². The molecule has 126 valence electrons. The van der Waals surface area contributed by atoms with Crippen LogP contribution in [0.25, 0.3) is 0 Å². The molecule has 1 fully saturated rings. The molecule has 1 saturated carbocycles. The van der Waals surface area contributed by atoms with Gasteiger partial charge < -0.3 is 21.7 Å². The lowest BCUT2D eigenvalue weighted by Crippen LogP contribution is -2.52. The zero-order valence-corrected chi connectivity index (χ0v) is 13.8. The third-order valence-corrected chi connectivity index (χ3v) is 4.02. The fourth-order valence-electron chi connectivity index (χ4n) is 2.73. The van der Waals surface area contributed by atoms with Crippen LogP contribution in [0.4, 0.5) is 16.2 Å². The van der Waals surface area contributed by atoms with Gasteiger partial charge in [0.2, 0.25) is 5.91 Å². The van der Waals surface area contributed by atoms with Crippen LogP contribution in [-0.2, 0) is 4.79 Å². The number of carbonyl (C=O) groups is 2. The summed E-state index contributed by atoms with van der Waals surface area (Å²) in [4.78, 5) is 24.0. The van der Waals surface area contributed by atoms with Crippen molar-refractivity contribution in [3.05, 3.63) is 24.3 Å². The van der Waals surface area contributed by atoms with E-state index in [1.165, 1.54) is 0 Å². The summed E-state index contributed by atoms with van der Waals surface area (Å²) in [6, 6.07) is 6.84. The molecule has 1 aliphatic rings. The summed E-state index contributed by atoms with van der Waals surface area (Å²) in [5, 5.41) is 8.36. The van der Waals surface area contributed by atoms with E-state index in [1.54, 1.807) is 24.3 Å². The number of benzene rings is 1. The molecular formula is C17H26N4O2. The quantitative estimate of drug-likeness (QED) is 0.687. The molecule has 0 aromatic heterocycles. The van der Waals surface area contributed by atoms with Gasteiger partial charge in [-0.1, -0.05) is 19.3 Å². The average Bonchev–Trinajstić information content (AvgIpc) is 2.49. The lowest BCUT2D eigenvalue weighted by Gasteiger charge is -2.31. The lowest BCUT2D eigenvalue weighted by molar-refractivity contribution is -0.122. The van der Waals surface area contributed by atoms with E-state index in [1.807, 2.05) is 13.8 Å². The molecular weight excluding hydrogens is 292 g/mol. The van der Waals surface area contributed by atoms with Crippen LogP contribution in [0.3, 0.4) is 0 Å². The van der Waals surface area contributed by atoms with Crippen molar-refractivity contribution in [3.8, 4) is 0 Å². The minimum absolute atomic E-state index is 0.0739. The Labute approximate surface area is 137 Å². The second kappa shape index (κ2) is 7.46. The molecule has 0 atom stereocenters. The Bertz CT molecular complexity index is 548.